The van der Waals surface area contributed by atoms with Gasteiger partial charge in [-0.1, -0.05) is 30.3 Å². The van der Waals surface area contributed by atoms with Crippen molar-refractivity contribution in [2.75, 3.05) is 0 Å². The van der Waals surface area contributed by atoms with Gasteiger partial charge in [-0.15, -0.1) is 0 Å². The highest BCUT2D eigenvalue weighted by atomic mass is 16.6. The average molecular weight is 366 g/mol. The number of nitrogens with zero attached hydrogens (tertiary/aromatic N) is 2. The van der Waals surface area contributed by atoms with Crippen LogP contribution in [-0.4, -0.2) is 26.2 Å². The molecule has 27 heavy (non-hydrogen) atoms. The van der Waals surface area contributed by atoms with Gasteiger partial charge in [0, 0.05) is 17.3 Å². The number of rotatable bonds is 4. The summed E-state index contributed by atoms with van der Waals surface area (Å²) in [7, 11) is 0. The van der Waals surface area contributed by atoms with Crippen molar-refractivity contribution in [3.05, 3.63) is 65.5 Å². The molecule has 1 aromatic carbocycles. The Morgan fingerprint density at radius 1 is 1.15 bits per heavy atom. The van der Waals surface area contributed by atoms with Crippen LogP contribution in [0.2, 0.25) is 0 Å². The number of fused-ring (bicyclic) bond motifs is 1. The topological polar surface area (TPSA) is 64.3 Å². The maximum Gasteiger partial charge on any atom is 0.341 e. The summed E-state index contributed by atoms with van der Waals surface area (Å²) in [5.41, 5.74) is 2.13. The van der Waals surface area contributed by atoms with E-state index in [0.29, 0.717) is 11.2 Å². The predicted molar refractivity (Wildman–Crippen MR) is 106 cm³/mol. The summed E-state index contributed by atoms with van der Waals surface area (Å²) < 4.78 is 7.53. The molecule has 0 radical (unpaired) electrons. The van der Waals surface area contributed by atoms with Crippen LogP contribution < -0.4 is 0 Å². The van der Waals surface area contributed by atoms with Crippen LogP contribution in [0.5, 0.6) is 0 Å². The molecule has 0 saturated carbocycles. The highest BCUT2D eigenvalue weighted by Crippen LogP contribution is 2.34. The number of esters is 1. The van der Waals surface area contributed by atoms with E-state index in [4.69, 9.17) is 4.74 Å². The van der Waals surface area contributed by atoms with Crippen molar-refractivity contribution in [2.24, 2.45) is 0 Å². The minimum absolute atomic E-state index is 0.305. The summed E-state index contributed by atoms with van der Waals surface area (Å²) in [5, 5.41) is 11.6. The molecule has 1 N–H and O–H groups in total. The zero-order chi connectivity index (χ0) is 19.8. The van der Waals surface area contributed by atoms with E-state index >= 15 is 0 Å². The van der Waals surface area contributed by atoms with Crippen LogP contribution >= 0.6 is 0 Å². The van der Waals surface area contributed by atoms with Gasteiger partial charge in [0.15, 0.2) is 0 Å². The molecule has 0 aliphatic carbocycles. The Hall–Kier alpha value is -2.66. The molecule has 2 aromatic heterocycles. The number of aliphatic hydroxyl groups excluding tert-OH is 1. The number of aliphatic hydroxyl groups is 1. The molecule has 0 saturated heterocycles. The third-order valence-electron chi connectivity index (χ3n) is 4.62. The fourth-order valence-corrected chi connectivity index (χ4v) is 3.41. The van der Waals surface area contributed by atoms with Gasteiger partial charge in [-0.3, -0.25) is 0 Å². The van der Waals surface area contributed by atoms with Gasteiger partial charge in [0.05, 0.1) is 17.7 Å². The molecular weight excluding hydrogens is 340 g/mol. The van der Waals surface area contributed by atoms with E-state index in [1.54, 1.807) is 12.3 Å². The van der Waals surface area contributed by atoms with Crippen LogP contribution in [0.3, 0.4) is 0 Å². The van der Waals surface area contributed by atoms with Crippen molar-refractivity contribution in [1.82, 2.24) is 9.55 Å². The third kappa shape index (κ3) is 3.74. The molecule has 0 aliphatic rings. The van der Waals surface area contributed by atoms with E-state index in [-0.39, 0.29) is 12.0 Å². The lowest BCUT2D eigenvalue weighted by Gasteiger charge is -2.23. The van der Waals surface area contributed by atoms with E-state index in [1.807, 2.05) is 75.6 Å². The first-order valence-electron chi connectivity index (χ1n) is 9.12. The molecular formula is C22H26N2O3. The Morgan fingerprint density at radius 2 is 1.81 bits per heavy atom. The Kier molecular flexibility index (Phi) is 5.07. The second-order valence-electron chi connectivity index (χ2n) is 7.80. The number of hydrogen-bond acceptors (Lipinski definition) is 4. The normalized spacial score (nSPS) is 14.1. The monoisotopic (exact) mass is 366 g/mol. The number of hydrogen-bond donors (Lipinski definition) is 1. The molecule has 2 heterocycles. The summed E-state index contributed by atoms with van der Waals surface area (Å²) >= 11 is 0. The van der Waals surface area contributed by atoms with Gasteiger partial charge in [0.1, 0.15) is 11.2 Å². The van der Waals surface area contributed by atoms with Crippen molar-refractivity contribution < 1.29 is 14.6 Å². The lowest BCUT2D eigenvalue weighted by molar-refractivity contribution is 0.00702. The lowest BCUT2D eigenvalue weighted by atomic mass is 10.0. The zero-order valence-corrected chi connectivity index (χ0v) is 16.4. The van der Waals surface area contributed by atoms with Crippen molar-refractivity contribution in [2.45, 2.75) is 52.4 Å². The average Bonchev–Trinajstić information content (AvgIpc) is 2.91. The van der Waals surface area contributed by atoms with E-state index < -0.39 is 11.7 Å². The number of pyridine rings is 1. The first-order chi connectivity index (χ1) is 12.7. The van der Waals surface area contributed by atoms with Crippen molar-refractivity contribution in [3.63, 3.8) is 0 Å². The molecule has 2 unspecified atom stereocenters. The van der Waals surface area contributed by atoms with E-state index in [0.717, 1.165) is 16.6 Å². The molecule has 3 aromatic rings. The minimum Gasteiger partial charge on any atom is -0.456 e. The fraction of sp³-hybridized carbons (Fsp3) is 0.364. The molecule has 0 bridgehead atoms. The van der Waals surface area contributed by atoms with Crippen LogP contribution in [-0.2, 0) is 4.74 Å². The molecule has 5 heteroatoms. The second-order valence-corrected chi connectivity index (χ2v) is 7.80. The smallest absolute Gasteiger partial charge is 0.341 e. The largest absolute Gasteiger partial charge is 0.456 e. The number of carbonyl (C=O) groups is 1. The molecule has 0 amide bonds. The van der Waals surface area contributed by atoms with Crippen LogP contribution in [0.1, 0.15) is 61.5 Å². The fourth-order valence-electron chi connectivity index (χ4n) is 3.41. The molecule has 5 nitrogen and oxygen atoms in total. The zero-order valence-electron chi connectivity index (χ0n) is 16.4. The molecule has 0 aliphatic heterocycles. The quantitative estimate of drug-likeness (QED) is 0.686. The van der Waals surface area contributed by atoms with Gasteiger partial charge < -0.3 is 14.4 Å². The maximum atomic E-state index is 12.8. The summed E-state index contributed by atoms with van der Waals surface area (Å²) in [6, 6.07) is 12.9. The Morgan fingerprint density at radius 3 is 2.44 bits per heavy atom. The van der Waals surface area contributed by atoms with E-state index in [2.05, 4.69) is 4.98 Å². The SMILES string of the molecule is Cc1c(C(=O)OC(C)(C)C)c2cccnc2n1C(C)C(O)c1ccccc1. The van der Waals surface area contributed by atoms with Crippen molar-refractivity contribution in [1.29, 1.82) is 0 Å². The van der Waals surface area contributed by atoms with Crippen LogP contribution in [0.15, 0.2) is 48.7 Å². The van der Waals surface area contributed by atoms with E-state index in [1.165, 1.54) is 0 Å². The summed E-state index contributed by atoms with van der Waals surface area (Å²) in [6.07, 6.45) is 0.965. The van der Waals surface area contributed by atoms with Gasteiger partial charge in [-0.2, -0.15) is 0 Å². The Bertz CT molecular complexity index is 955. The molecule has 2 atom stereocenters. The number of ether oxygens (including phenoxy) is 1. The molecule has 0 spiro atoms. The maximum absolute atomic E-state index is 12.8. The predicted octanol–water partition coefficient (Wildman–Crippen LogP) is 4.59. The second kappa shape index (κ2) is 7.16. The van der Waals surface area contributed by atoms with Gasteiger partial charge in [-0.25, -0.2) is 9.78 Å². The van der Waals surface area contributed by atoms with Gasteiger partial charge in [0.25, 0.3) is 0 Å². The minimum atomic E-state index is -0.728. The molecule has 0 fully saturated rings. The lowest BCUT2D eigenvalue weighted by Crippen LogP contribution is -2.24. The van der Waals surface area contributed by atoms with Crippen LogP contribution in [0, 0.1) is 6.92 Å². The van der Waals surface area contributed by atoms with E-state index in [9.17, 15) is 9.90 Å². The van der Waals surface area contributed by atoms with Crippen LogP contribution in [0.4, 0.5) is 0 Å². The number of benzene rings is 1. The van der Waals surface area contributed by atoms with Crippen molar-refractivity contribution >= 4 is 17.0 Å². The standard InChI is InChI=1S/C22H26N2O3/c1-14-18(21(26)27-22(3,4)5)17-12-9-13-23-20(17)24(14)15(2)19(25)16-10-7-6-8-11-16/h6-13,15,19,25H,1-5H3. The Balaban J connectivity index is 2.11. The summed E-state index contributed by atoms with van der Waals surface area (Å²) in [5.74, 6) is -0.377. The van der Waals surface area contributed by atoms with Gasteiger partial charge >= 0.3 is 5.97 Å². The highest BCUT2D eigenvalue weighted by molar-refractivity contribution is 6.05. The van der Waals surface area contributed by atoms with Crippen LogP contribution in [0.25, 0.3) is 11.0 Å². The van der Waals surface area contributed by atoms with Gasteiger partial charge in [0.2, 0.25) is 0 Å². The first kappa shape index (κ1) is 19.1. The van der Waals surface area contributed by atoms with Crippen molar-refractivity contribution in [3.8, 4) is 0 Å². The summed E-state index contributed by atoms with van der Waals surface area (Å²) in [4.78, 5) is 17.3. The number of aromatic nitrogens is 2. The molecule has 3 rings (SSSR count). The molecule has 142 valence electrons. The Labute approximate surface area is 159 Å². The number of carbonyl (C=O) groups excluding carboxylic acids is 1. The highest BCUT2D eigenvalue weighted by Gasteiger charge is 2.29. The van der Waals surface area contributed by atoms with Gasteiger partial charge in [-0.05, 0) is 52.3 Å². The summed E-state index contributed by atoms with van der Waals surface area (Å²) in [6.45, 7) is 9.34. The first-order valence-corrected chi connectivity index (χ1v) is 9.12. The third-order valence-corrected chi connectivity index (χ3v) is 4.62.